The number of halogens is 3. The summed E-state index contributed by atoms with van der Waals surface area (Å²) in [5.41, 5.74) is 9.60. The molecule has 2 aliphatic heterocycles. The maximum atomic E-state index is 14.6. The highest BCUT2D eigenvalue weighted by Crippen LogP contribution is 2.33. The standard InChI is InChI=1S/C20H22FN3O.2ClH/c21-16-13-14(8-9-19(16)23-10-1-2-11-23)20(25)24-12-4-5-15-17(22)6-3-7-18(15)24;;/h3,6-9,13H,1-2,4-5,10-12,22H2;2*1H. The van der Waals surface area contributed by atoms with Gasteiger partial charge in [0.25, 0.3) is 5.91 Å². The van der Waals surface area contributed by atoms with Crippen molar-refractivity contribution in [2.45, 2.75) is 25.7 Å². The molecule has 1 fully saturated rings. The van der Waals surface area contributed by atoms with Crippen LogP contribution in [-0.2, 0) is 6.42 Å². The minimum absolute atomic E-state index is 0. The Morgan fingerprint density at radius 3 is 2.41 bits per heavy atom. The molecule has 2 N–H and O–H groups in total. The van der Waals surface area contributed by atoms with Crippen LogP contribution in [0.5, 0.6) is 0 Å². The summed E-state index contributed by atoms with van der Waals surface area (Å²) in [6.45, 7) is 2.39. The van der Waals surface area contributed by atoms with Crippen molar-refractivity contribution in [1.29, 1.82) is 0 Å². The summed E-state index contributed by atoms with van der Waals surface area (Å²) in [6.07, 6.45) is 3.91. The van der Waals surface area contributed by atoms with Crippen molar-refractivity contribution in [2.24, 2.45) is 0 Å². The third-order valence-electron chi connectivity index (χ3n) is 5.17. The van der Waals surface area contributed by atoms with Gasteiger partial charge in [0.2, 0.25) is 0 Å². The van der Waals surface area contributed by atoms with E-state index in [0.29, 0.717) is 23.5 Å². The third kappa shape index (κ3) is 3.99. The Labute approximate surface area is 171 Å². The van der Waals surface area contributed by atoms with Gasteiger partial charge in [-0.05, 0) is 61.6 Å². The van der Waals surface area contributed by atoms with E-state index in [0.717, 1.165) is 50.0 Å². The molecule has 0 radical (unpaired) electrons. The molecule has 0 unspecified atom stereocenters. The van der Waals surface area contributed by atoms with E-state index in [1.54, 1.807) is 17.0 Å². The fourth-order valence-corrected chi connectivity index (χ4v) is 3.87. The lowest BCUT2D eigenvalue weighted by atomic mass is 9.99. The smallest absolute Gasteiger partial charge is 0.258 e. The van der Waals surface area contributed by atoms with Crippen molar-refractivity contribution in [2.75, 3.05) is 35.2 Å². The molecule has 1 saturated heterocycles. The van der Waals surface area contributed by atoms with Gasteiger partial charge in [0.1, 0.15) is 5.82 Å². The molecule has 0 bridgehead atoms. The topological polar surface area (TPSA) is 49.6 Å². The Balaban J connectivity index is 0.00000131. The summed E-state index contributed by atoms with van der Waals surface area (Å²) in [6, 6.07) is 10.5. The highest BCUT2D eigenvalue weighted by atomic mass is 35.5. The third-order valence-corrected chi connectivity index (χ3v) is 5.17. The van der Waals surface area contributed by atoms with Crippen molar-refractivity contribution < 1.29 is 9.18 Å². The van der Waals surface area contributed by atoms with Gasteiger partial charge >= 0.3 is 0 Å². The number of nitrogens with two attached hydrogens (primary N) is 1. The quantitative estimate of drug-likeness (QED) is 0.742. The molecule has 27 heavy (non-hydrogen) atoms. The van der Waals surface area contributed by atoms with Crippen LogP contribution < -0.4 is 15.5 Å². The van der Waals surface area contributed by atoms with Crippen LogP contribution in [0, 0.1) is 5.82 Å². The molecule has 4 nitrogen and oxygen atoms in total. The number of nitrogens with zero attached hydrogens (tertiary/aromatic N) is 2. The number of hydrogen-bond acceptors (Lipinski definition) is 3. The van der Waals surface area contributed by atoms with Crippen LogP contribution in [0.25, 0.3) is 0 Å². The number of fused-ring (bicyclic) bond motifs is 1. The number of carbonyl (C=O) groups excluding carboxylic acids is 1. The normalized spacial score (nSPS) is 15.6. The van der Waals surface area contributed by atoms with E-state index >= 15 is 0 Å². The van der Waals surface area contributed by atoms with Crippen molar-refractivity contribution in [3.8, 4) is 0 Å². The largest absolute Gasteiger partial charge is 0.398 e. The first-order valence-electron chi connectivity index (χ1n) is 8.89. The second-order valence-corrected chi connectivity index (χ2v) is 6.77. The molecule has 0 aromatic heterocycles. The van der Waals surface area contributed by atoms with Crippen molar-refractivity contribution in [1.82, 2.24) is 0 Å². The van der Waals surface area contributed by atoms with E-state index < -0.39 is 0 Å². The van der Waals surface area contributed by atoms with E-state index in [9.17, 15) is 9.18 Å². The van der Waals surface area contributed by atoms with Gasteiger partial charge in [0.05, 0.1) is 5.69 Å². The second-order valence-electron chi connectivity index (χ2n) is 6.77. The van der Waals surface area contributed by atoms with Crippen LogP contribution in [0.4, 0.5) is 21.5 Å². The monoisotopic (exact) mass is 411 g/mol. The summed E-state index contributed by atoms with van der Waals surface area (Å²) in [4.78, 5) is 16.7. The first kappa shape index (κ1) is 21.3. The molecular formula is C20H24Cl2FN3O. The number of hydrogen-bond donors (Lipinski definition) is 1. The Kier molecular flexibility index (Phi) is 6.95. The second kappa shape index (κ2) is 8.81. The summed E-state index contributed by atoms with van der Waals surface area (Å²) >= 11 is 0. The van der Waals surface area contributed by atoms with Crippen LogP contribution in [-0.4, -0.2) is 25.5 Å². The maximum Gasteiger partial charge on any atom is 0.258 e. The summed E-state index contributed by atoms with van der Waals surface area (Å²) < 4.78 is 14.6. The van der Waals surface area contributed by atoms with Crippen LogP contribution >= 0.6 is 24.8 Å². The number of nitrogen functional groups attached to an aromatic ring is 1. The molecule has 0 aliphatic carbocycles. The minimum atomic E-state index is -0.322. The van der Waals surface area contributed by atoms with Crippen molar-refractivity contribution in [3.63, 3.8) is 0 Å². The fourth-order valence-electron chi connectivity index (χ4n) is 3.87. The van der Waals surface area contributed by atoms with Gasteiger partial charge in [-0.3, -0.25) is 4.79 Å². The van der Waals surface area contributed by atoms with E-state index in [2.05, 4.69) is 0 Å². The lowest BCUT2D eigenvalue weighted by Crippen LogP contribution is -2.35. The van der Waals surface area contributed by atoms with Gasteiger partial charge in [-0.15, -0.1) is 24.8 Å². The Morgan fingerprint density at radius 2 is 1.70 bits per heavy atom. The van der Waals surface area contributed by atoms with Gasteiger partial charge in [0.15, 0.2) is 0 Å². The fraction of sp³-hybridized carbons (Fsp3) is 0.350. The summed E-state index contributed by atoms with van der Waals surface area (Å²) in [5, 5.41) is 0. The van der Waals surface area contributed by atoms with E-state index in [1.807, 2.05) is 23.1 Å². The Morgan fingerprint density at radius 1 is 0.963 bits per heavy atom. The van der Waals surface area contributed by atoms with Crippen LogP contribution in [0.15, 0.2) is 36.4 Å². The zero-order valence-corrected chi connectivity index (χ0v) is 16.6. The van der Waals surface area contributed by atoms with Crippen molar-refractivity contribution >= 4 is 47.8 Å². The number of carbonyl (C=O) groups is 1. The van der Waals surface area contributed by atoms with Gasteiger partial charge in [-0.2, -0.15) is 0 Å². The Hall–Kier alpha value is -1.98. The molecule has 0 spiro atoms. The SMILES string of the molecule is Cl.Cl.Nc1cccc2c1CCCN2C(=O)c1ccc(N2CCCC2)c(F)c1. The van der Waals surface area contributed by atoms with E-state index in [4.69, 9.17) is 5.73 Å². The first-order valence-corrected chi connectivity index (χ1v) is 8.89. The summed E-state index contributed by atoms with van der Waals surface area (Å²) in [7, 11) is 0. The molecule has 2 heterocycles. The van der Waals surface area contributed by atoms with E-state index in [1.165, 1.54) is 6.07 Å². The first-order chi connectivity index (χ1) is 12.1. The predicted molar refractivity (Wildman–Crippen MR) is 113 cm³/mol. The minimum Gasteiger partial charge on any atom is -0.398 e. The molecule has 2 aromatic rings. The molecule has 2 aromatic carbocycles. The van der Waals surface area contributed by atoms with Gasteiger partial charge in [-0.1, -0.05) is 6.07 Å². The van der Waals surface area contributed by atoms with Crippen LogP contribution in [0.3, 0.4) is 0 Å². The molecule has 1 amide bonds. The van der Waals surface area contributed by atoms with Gasteiger partial charge in [-0.25, -0.2) is 4.39 Å². The maximum absolute atomic E-state index is 14.6. The molecular weight excluding hydrogens is 388 g/mol. The number of anilines is 3. The van der Waals surface area contributed by atoms with Crippen LogP contribution in [0.2, 0.25) is 0 Å². The van der Waals surface area contributed by atoms with Gasteiger partial charge in [0, 0.05) is 36.6 Å². The van der Waals surface area contributed by atoms with Gasteiger partial charge < -0.3 is 15.5 Å². The molecule has 2 aliphatic rings. The molecule has 146 valence electrons. The number of rotatable bonds is 2. The number of benzene rings is 2. The highest BCUT2D eigenvalue weighted by Gasteiger charge is 2.26. The van der Waals surface area contributed by atoms with Crippen LogP contribution in [0.1, 0.15) is 35.2 Å². The number of amides is 1. The molecule has 0 saturated carbocycles. The molecule has 0 atom stereocenters. The predicted octanol–water partition coefficient (Wildman–Crippen LogP) is 4.44. The lowest BCUT2D eigenvalue weighted by molar-refractivity contribution is 0.0984. The highest BCUT2D eigenvalue weighted by molar-refractivity contribution is 6.07. The average molecular weight is 412 g/mol. The van der Waals surface area contributed by atoms with Crippen molar-refractivity contribution in [3.05, 3.63) is 53.3 Å². The zero-order chi connectivity index (χ0) is 17.4. The molecule has 7 heteroatoms. The zero-order valence-electron chi connectivity index (χ0n) is 15.0. The average Bonchev–Trinajstić information content (AvgIpc) is 3.15. The molecule has 4 rings (SSSR count). The Bertz CT molecular complexity index is 825. The van der Waals surface area contributed by atoms with E-state index in [-0.39, 0.29) is 36.5 Å². The lowest BCUT2D eigenvalue weighted by Gasteiger charge is -2.30. The summed E-state index contributed by atoms with van der Waals surface area (Å²) in [5.74, 6) is -0.490.